The molecule has 0 aliphatic carbocycles. The summed E-state index contributed by atoms with van der Waals surface area (Å²) < 4.78 is 0. The summed E-state index contributed by atoms with van der Waals surface area (Å²) in [4.78, 5) is 8.59. The van der Waals surface area contributed by atoms with E-state index in [1.807, 2.05) is 27.7 Å². The van der Waals surface area contributed by atoms with Gasteiger partial charge in [0.15, 0.2) is 0 Å². The minimum atomic E-state index is -0.326. The lowest BCUT2D eigenvalue weighted by molar-refractivity contribution is 0.218. The molecular weight excluding hydrogens is 190 g/mol. The quantitative estimate of drug-likeness (QED) is 0.792. The zero-order chi connectivity index (χ0) is 11.5. The third-order valence-electron chi connectivity index (χ3n) is 2.63. The average molecular weight is 209 g/mol. The zero-order valence-corrected chi connectivity index (χ0v) is 9.83. The van der Waals surface area contributed by atoms with E-state index in [0.29, 0.717) is 0 Å². The largest absolute Gasteiger partial charge is 0.394 e. The van der Waals surface area contributed by atoms with Gasteiger partial charge in [-0.3, -0.25) is 4.98 Å². The zero-order valence-electron chi connectivity index (χ0n) is 9.83. The molecule has 4 heteroatoms. The van der Waals surface area contributed by atoms with Crippen LogP contribution in [0.1, 0.15) is 31.7 Å². The molecular formula is C11H19N3O. The fraction of sp³-hybridized carbons (Fsp3) is 0.636. The molecule has 0 radical (unpaired) electrons. The number of anilines is 1. The number of rotatable bonds is 4. The maximum atomic E-state index is 9.30. The Labute approximate surface area is 90.8 Å². The van der Waals surface area contributed by atoms with Crippen molar-refractivity contribution in [1.29, 1.82) is 0 Å². The molecule has 0 saturated heterocycles. The Kier molecular flexibility index (Phi) is 3.63. The molecule has 0 spiro atoms. The summed E-state index contributed by atoms with van der Waals surface area (Å²) in [5, 5.41) is 12.5. The molecule has 0 bridgehead atoms. The molecule has 0 amide bonds. The first-order valence-electron chi connectivity index (χ1n) is 5.20. The van der Waals surface area contributed by atoms with Gasteiger partial charge in [0.25, 0.3) is 0 Å². The molecule has 0 aliphatic heterocycles. The normalized spacial score (nSPS) is 14.7. The number of nitrogens with zero attached hydrogens (tertiary/aromatic N) is 2. The number of hydrogen-bond acceptors (Lipinski definition) is 4. The van der Waals surface area contributed by atoms with Crippen molar-refractivity contribution in [2.75, 3.05) is 11.9 Å². The van der Waals surface area contributed by atoms with Crippen molar-refractivity contribution in [1.82, 2.24) is 9.97 Å². The van der Waals surface area contributed by atoms with Gasteiger partial charge in [0, 0.05) is 6.20 Å². The fourth-order valence-corrected chi connectivity index (χ4v) is 1.18. The first-order chi connectivity index (χ1) is 7.00. The molecule has 1 aromatic heterocycles. The predicted octanol–water partition coefficient (Wildman–Crippen LogP) is 1.67. The highest BCUT2D eigenvalue weighted by Gasteiger charge is 2.21. The van der Waals surface area contributed by atoms with Gasteiger partial charge in [-0.05, 0) is 27.2 Å². The van der Waals surface area contributed by atoms with Crippen LogP contribution in [0.2, 0.25) is 0 Å². The third-order valence-corrected chi connectivity index (χ3v) is 2.63. The molecule has 0 aliphatic rings. The Bertz CT molecular complexity index is 335. The van der Waals surface area contributed by atoms with Gasteiger partial charge in [-0.2, -0.15) is 0 Å². The van der Waals surface area contributed by atoms with Gasteiger partial charge in [0.1, 0.15) is 5.82 Å². The van der Waals surface area contributed by atoms with Crippen LogP contribution >= 0.6 is 0 Å². The van der Waals surface area contributed by atoms with Crippen LogP contribution in [-0.4, -0.2) is 27.2 Å². The monoisotopic (exact) mass is 209 g/mol. The van der Waals surface area contributed by atoms with Gasteiger partial charge < -0.3 is 10.4 Å². The van der Waals surface area contributed by atoms with E-state index in [-0.39, 0.29) is 12.1 Å². The molecule has 1 aromatic rings. The average Bonchev–Trinajstić information content (AvgIpc) is 2.23. The summed E-state index contributed by atoms with van der Waals surface area (Å²) in [7, 11) is 0. The van der Waals surface area contributed by atoms with E-state index in [2.05, 4.69) is 15.3 Å². The Morgan fingerprint density at radius 2 is 2.13 bits per heavy atom. The fourth-order valence-electron chi connectivity index (χ4n) is 1.18. The molecule has 0 aromatic carbocycles. The summed E-state index contributed by atoms with van der Waals surface area (Å²) in [6, 6.07) is 0. The van der Waals surface area contributed by atoms with Gasteiger partial charge in [-0.25, -0.2) is 4.98 Å². The van der Waals surface area contributed by atoms with Crippen LogP contribution in [0.5, 0.6) is 0 Å². The van der Waals surface area contributed by atoms with E-state index in [4.69, 9.17) is 0 Å². The Morgan fingerprint density at radius 1 is 1.47 bits per heavy atom. The molecule has 1 heterocycles. The van der Waals surface area contributed by atoms with E-state index < -0.39 is 0 Å². The van der Waals surface area contributed by atoms with Crippen LogP contribution in [0.3, 0.4) is 0 Å². The van der Waals surface area contributed by atoms with Crippen molar-refractivity contribution < 1.29 is 5.11 Å². The highest BCUT2D eigenvalue weighted by atomic mass is 16.3. The number of aliphatic hydroxyl groups excluding tert-OH is 1. The van der Waals surface area contributed by atoms with Crippen molar-refractivity contribution in [3.05, 3.63) is 17.6 Å². The number of aliphatic hydroxyl groups is 1. The maximum Gasteiger partial charge on any atom is 0.148 e. The Morgan fingerprint density at radius 3 is 2.67 bits per heavy atom. The van der Waals surface area contributed by atoms with Gasteiger partial charge in [-0.1, -0.05) is 6.92 Å². The SMILES string of the molecule is CCC(C)(CO)Nc1nc(C)cnc1C. The molecule has 4 nitrogen and oxygen atoms in total. The van der Waals surface area contributed by atoms with Crippen LogP contribution < -0.4 is 5.32 Å². The van der Waals surface area contributed by atoms with Crippen molar-refractivity contribution in [2.45, 2.75) is 39.7 Å². The van der Waals surface area contributed by atoms with E-state index in [1.54, 1.807) is 6.20 Å². The molecule has 15 heavy (non-hydrogen) atoms. The highest BCUT2D eigenvalue weighted by molar-refractivity contribution is 5.42. The van der Waals surface area contributed by atoms with Crippen molar-refractivity contribution in [3.63, 3.8) is 0 Å². The first-order valence-corrected chi connectivity index (χ1v) is 5.20. The first kappa shape index (κ1) is 11.9. The molecule has 1 atom stereocenters. The van der Waals surface area contributed by atoms with Crippen LogP contribution in [-0.2, 0) is 0 Å². The van der Waals surface area contributed by atoms with Gasteiger partial charge >= 0.3 is 0 Å². The van der Waals surface area contributed by atoms with Gasteiger partial charge in [0.2, 0.25) is 0 Å². The summed E-state index contributed by atoms with van der Waals surface area (Å²) in [6.45, 7) is 7.89. The van der Waals surface area contributed by atoms with E-state index in [9.17, 15) is 5.11 Å². The van der Waals surface area contributed by atoms with E-state index >= 15 is 0 Å². The summed E-state index contributed by atoms with van der Waals surface area (Å²) in [5.74, 6) is 0.758. The molecule has 1 unspecified atom stereocenters. The van der Waals surface area contributed by atoms with Crippen LogP contribution in [0, 0.1) is 13.8 Å². The predicted molar refractivity (Wildman–Crippen MR) is 60.9 cm³/mol. The molecule has 0 saturated carbocycles. The Balaban J connectivity index is 2.92. The minimum absolute atomic E-state index is 0.0819. The lowest BCUT2D eigenvalue weighted by Crippen LogP contribution is -2.38. The third kappa shape index (κ3) is 2.89. The van der Waals surface area contributed by atoms with Crippen LogP contribution in [0.4, 0.5) is 5.82 Å². The standard InChI is InChI=1S/C11H19N3O/c1-5-11(4,7-15)14-10-9(3)12-6-8(2)13-10/h6,15H,5,7H2,1-4H3,(H,13,14). The van der Waals surface area contributed by atoms with Crippen LogP contribution in [0.15, 0.2) is 6.20 Å². The minimum Gasteiger partial charge on any atom is -0.394 e. The molecule has 0 fully saturated rings. The number of aromatic nitrogens is 2. The van der Waals surface area contributed by atoms with E-state index in [0.717, 1.165) is 23.6 Å². The molecule has 1 rings (SSSR count). The van der Waals surface area contributed by atoms with E-state index in [1.165, 1.54) is 0 Å². The van der Waals surface area contributed by atoms with Crippen LogP contribution in [0.25, 0.3) is 0 Å². The lowest BCUT2D eigenvalue weighted by atomic mass is 10.0. The summed E-state index contributed by atoms with van der Waals surface area (Å²) >= 11 is 0. The number of nitrogens with one attached hydrogen (secondary N) is 1. The van der Waals surface area contributed by atoms with Crippen molar-refractivity contribution in [2.24, 2.45) is 0 Å². The van der Waals surface area contributed by atoms with Gasteiger partial charge in [-0.15, -0.1) is 0 Å². The second kappa shape index (κ2) is 4.57. The topological polar surface area (TPSA) is 58.0 Å². The molecule has 84 valence electrons. The van der Waals surface area contributed by atoms with Crippen molar-refractivity contribution in [3.8, 4) is 0 Å². The summed E-state index contributed by atoms with van der Waals surface area (Å²) in [5.41, 5.74) is 1.40. The number of aryl methyl sites for hydroxylation is 2. The maximum absolute atomic E-state index is 9.30. The second-order valence-corrected chi connectivity index (χ2v) is 4.14. The lowest BCUT2D eigenvalue weighted by Gasteiger charge is -2.28. The molecule has 2 N–H and O–H groups in total. The van der Waals surface area contributed by atoms with Gasteiger partial charge in [0.05, 0.1) is 23.5 Å². The van der Waals surface area contributed by atoms with Crippen molar-refractivity contribution >= 4 is 5.82 Å². The second-order valence-electron chi connectivity index (χ2n) is 4.14. The Hall–Kier alpha value is -1.16. The summed E-state index contributed by atoms with van der Waals surface area (Å²) in [6.07, 6.45) is 2.57. The highest BCUT2D eigenvalue weighted by Crippen LogP contribution is 2.18. The number of hydrogen-bond donors (Lipinski definition) is 2. The smallest absolute Gasteiger partial charge is 0.148 e.